The Morgan fingerprint density at radius 2 is 2.12 bits per heavy atom. The molecule has 0 saturated heterocycles. The molecular formula is C9H12F3N3S. The summed E-state index contributed by atoms with van der Waals surface area (Å²) in [6.45, 7) is 0.443. The Morgan fingerprint density at radius 3 is 2.62 bits per heavy atom. The van der Waals surface area contributed by atoms with Gasteiger partial charge in [0.2, 0.25) is 0 Å². The lowest BCUT2D eigenvalue weighted by molar-refractivity contribution is -0.137. The van der Waals surface area contributed by atoms with E-state index in [-0.39, 0.29) is 0 Å². The summed E-state index contributed by atoms with van der Waals surface area (Å²) in [4.78, 5) is 0.427. The minimum Gasteiger partial charge on any atom is -0.393 e. The van der Waals surface area contributed by atoms with E-state index in [1.165, 1.54) is 4.68 Å². The van der Waals surface area contributed by atoms with Crippen molar-refractivity contribution in [2.75, 3.05) is 0 Å². The third-order valence-electron chi connectivity index (χ3n) is 2.02. The molecule has 0 aliphatic carbocycles. The fourth-order valence-electron chi connectivity index (χ4n) is 1.21. The van der Waals surface area contributed by atoms with Crippen LogP contribution in [0.3, 0.4) is 0 Å². The van der Waals surface area contributed by atoms with Crippen molar-refractivity contribution in [3.63, 3.8) is 0 Å². The number of nitrogens with two attached hydrogens (primary N) is 1. The molecule has 90 valence electrons. The number of alkyl halides is 3. The van der Waals surface area contributed by atoms with Crippen molar-refractivity contribution in [3.05, 3.63) is 18.0 Å². The number of halogens is 3. The average Bonchev–Trinajstić information content (AvgIpc) is 2.59. The van der Waals surface area contributed by atoms with Gasteiger partial charge in [-0.25, -0.2) is 0 Å². The van der Waals surface area contributed by atoms with Gasteiger partial charge in [-0.1, -0.05) is 12.2 Å². The highest BCUT2D eigenvalue weighted by atomic mass is 32.1. The van der Waals surface area contributed by atoms with Crippen LogP contribution in [-0.2, 0) is 12.7 Å². The van der Waals surface area contributed by atoms with Crippen LogP contribution >= 0.6 is 12.2 Å². The first-order valence-corrected chi connectivity index (χ1v) is 5.18. The van der Waals surface area contributed by atoms with Crippen molar-refractivity contribution in [1.82, 2.24) is 9.78 Å². The fourth-order valence-corrected chi connectivity index (χ4v) is 1.35. The van der Waals surface area contributed by atoms with Crippen LogP contribution in [0.4, 0.5) is 13.2 Å². The zero-order chi connectivity index (χ0) is 12.2. The van der Waals surface area contributed by atoms with E-state index in [0.29, 0.717) is 24.4 Å². The molecule has 16 heavy (non-hydrogen) atoms. The van der Waals surface area contributed by atoms with Gasteiger partial charge in [-0.3, -0.25) is 4.68 Å². The Bertz CT molecular complexity index is 359. The van der Waals surface area contributed by atoms with Crippen molar-refractivity contribution >= 4 is 17.2 Å². The van der Waals surface area contributed by atoms with Crippen molar-refractivity contribution < 1.29 is 13.2 Å². The second-order valence-electron chi connectivity index (χ2n) is 3.41. The molecule has 0 atom stereocenters. The zero-order valence-corrected chi connectivity index (χ0v) is 9.31. The summed E-state index contributed by atoms with van der Waals surface area (Å²) in [7, 11) is 0. The molecule has 1 aromatic rings. The maximum atomic E-state index is 12.2. The first-order chi connectivity index (χ1) is 7.39. The highest BCUT2D eigenvalue weighted by molar-refractivity contribution is 7.80. The first kappa shape index (κ1) is 13.0. The maximum Gasteiger partial charge on any atom is 0.419 e. The molecule has 0 amide bonds. The molecule has 0 bridgehead atoms. The van der Waals surface area contributed by atoms with Gasteiger partial charge >= 0.3 is 6.18 Å². The normalized spacial score (nSPS) is 11.7. The van der Waals surface area contributed by atoms with Gasteiger partial charge < -0.3 is 5.73 Å². The van der Waals surface area contributed by atoms with Gasteiger partial charge in [-0.15, -0.1) is 0 Å². The number of thiocarbonyl (C=S) groups is 1. The molecule has 1 aromatic heterocycles. The Morgan fingerprint density at radius 1 is 1.44 bits per heavy atom. The molecular weight excluding hydrogens is 239 g/mol. The van der Waals surface area contributed by atoms with Gasteiger partial charge in [-0.05, 0) is 19.3 Å². The van der Waals surface area contributed by atoms with Gasteiger partial charge in [0.1, 0.15) is 0 Å². The molecule has 0 aromatic carbocycles. The Hall–Kier alpha value is -1.11. The molecule has 1 heterocycles. The van der Waals surface area contributed by atoms with Crippen molar-refractivity contribution in [3.8, 4) is 0 Å². The summed E-state index contributed by atoms with van der Waals surface area (Å²) in [5.41, 5.74) is 4.57. The molecule has 1 rings (SSSR count). The highest BCUT2D eigenvalue weighted by Gasteiger charge is 2.31. The lowest BCUT2D eigenvalue weighted by atomic mass is 10.2. The minimum atomic E-state index is -4.32. The molecule has 7 heteroatoms. The van der Waals surface area contributed by atoms with Gasteiger partial charge in [-0.2, -0.15) is 18.3 Å². The van der Waals surface area contributed by atoms with E-state index in [2.05, 4.69) is 17.3 Å². The SMILES string of the molecule is NC(=S)CCCCn1cc(C(F)(F)F)cn1. The van der Waals surface area contributed by atoms with Gasteiger partial charge in [0.15, 0.2) is 0 Å². The number of hydrogen-bond acceptors (Lipinski definition) is 2. The Labute approximate surface area is 96.4 Å². The van der Waals surface area contributed by atoms with E-state index in [9.17, 15) is 13.2 Å². The molecule has 0 saturated carbocycles. The van der Waals surface area contributed by atoms with Gasteiger partial charge in [0.05, 0.1) is 16.7 Å². The number of rotatable bonds is 5. The average molecular weight is 251 g/mol. The molecule has 2 N–H and O–H groups in total. The van der Waals surface area contributed by atoms with Crippen LogP contribution in [0.2, 0.25) is 0 Å². The predicted molar refractivity (Wildman–Crippen MR) is 57.9 cm³/mol. The topological polar surface area (TPSA) is 43.8 Å². The first-order valence-electron chi connectivity index (χ1n) is 4.77. The summed E-state index contributed by atoms with van der Waals surface area (Å²) < 4.78 is 37.9. The summed E-state index contributed by atoms with van der Waals surface area (Å²) in [5.74, 6) is 0. The van der Waals surface area contributed by atoms with E-state index in [0.717, 1.165) is 18.8 Å². The van der Waals surface area contributed by atoms with Crippen molar-refractivity contribution in [2.45, 2.75) is 32.0 Å². The quantitative estimate of drug-likeness (QED) is 0.645. The lowest BCUT2D eigenvalue weighted by Crippen LogP contribution is -2.08. The molecule has 0 radical (unpaired) electrons. The van der Waals surface area contributed by atoms with E-state index in [1.54, 1.807) is 0 Å². The van der Waals surface area contributed by atoms with Crippen LogP contribution in [0.1, 0.15) is 24.8 Å². The minimum absolute atomic E-state index is 0.427. The predicted octanol–water partition coefficient (Wildman–Crippen LogP) is 2.36. The van der Waals surface area contributed by atoms with Gasteiger partial charge in [0.25, 0.3) is 0 Å². The Balaban J connectivity index is 2.38. The second kappa shape index (κ2) is 5.29. The molecule has 0 fully saturated rings. The van der Waals surface area contributed by atoms with E-state index in [1.807, 2.05) is 0 Å². The maximum absolute atomic E-state index is 12.2. The number of unbranched alkanes of at least 4 members (excludes halogenated alkanes) is 1. The third kappa shape index (κ3) is 4.18. The molecule has 0 spiro atoms. The summed E-state index contributed by atoms with van der Waals surface area (Å²) >= 11 is 4.69. The van der Waals surface area contributed by atoms with E-state index < -0.39 is 11.7 Å². The smallest absolute Gasteiger partial charge is 0.393 e. The zero-order valence-electron chi connectivity index (χ0n) is 8.50. The molecule has 3 nitrogen and oxygen atoms in total. The molecule has 0 aliphatic rings. The number of aromatic nitrogens is 2. The Kier molecular flexibility index (Phi) is 4.28. The van der Waals surface area contributed by atoms with Crippen LogP contribution in [0.25, 0.3) is 0 Å². The van der Waals surface area contributed by atoms with E-state index >= 15 is 0 Å². The summed E-state index contributed by atoms with van der Waals surface area (Å²) in [6.07, 6.45) is -0.416. The van der Waals surface area contributed by atoms with Crippen LogP contribution < -0.4 is 5.73 Å². The fraction of sp³-hybridized carbons (Fsp3) is 0.556. The molecule has 0 aliphatic heterocycles. The second-order valence-corrected chi connectivity index (χ2v) is 3.94. The van der Waals surface area contributed by atoms with Crippen molar-refractivity contribution in [1.29, 1.82) is 0 Å². The number of hydrogen-bond donors (Lipinski definition) is 1. The third-order valence-corrected chi connectivity index (χ3v) is 2.23. The van der Waals surface area contributed by atoms with Crippen LogP contribution in [-0.4, -0.2) is 14.8 Å². The van der Waals surface area contributed by atoms with E-state index in [4.69, 9.17) is 5.73 Å². The van der Waals surface area contributed by atoms with Gasteiger partial charge in [0, 0.05) is 12.7 Å². The number of nitrogens with zero attached hydrogens (tertiary/aromatic N) is 2. The largest absolute Gasteiger partial charge is 0.419 e. The molecule has 0 unspecified atom stereocenters. The summed E-state index contributed by atoms with van der Waals surface area (Å²) in [5, 5.41) is 3.63. The van der Waals surface area contributed by atoms with Crippen molar-refractivity contribution in [2.24, 2.45) is 5.73 Å². The van der Waals surface area contributed by atoms with Crippen LogP contribution in [0.5, 0.6) is 0 Å². The number of aryl methyl sites for hydroxylation is 1. The monoisotopic (exact) mass is 251 g/mol. The van der Waals surface area contributed by atoms with Crippen LogP contribution in [0, 0.1) is 0 Å². The lowest BCUT2D eigenvalue weighted by Gasteiger charge is -2.02. The highest BCUT2D eigenvalue weighted by Crippen LogP contribution is 2.28. The summed E-state index contributed by atoms with van der Waals surface area (Å²) in [6, 6.07) is 0. The van der Waals surface area contributed by atoms with Crippen LogP contribution in [0.15, 0.2) is 12.4 Å². The standard InChI is InChI=1S/C9H12F3N3S/c10-9(11,12)7-5-14-15(6-7)4-2-1-3-8(13)16/h5-6H,1-4H2,(H2,13,16).